The number of phenols is 1. The zero-order chi connectivity index (χ0) is 31.0. The summed E-state index contributed by atoms with van der Waals surface area (Å²) in [5.41, 5.74) is 6.84. The number of Topliss-reactive ketones (excluding diaryl/α,β-unsaturated/α-hetero) is 1. The lowest BCUT2D eigenvalue weighted by Gasteiger charge is -2.51. The van der Waals surface area contributed by atoms with Gasteiger partial charge in [-0.2, -0.15) is 0 Å². The summed E-state index contributed by atoms with van der Waals surface area (Å²) in [4.78, 5) is 30.3. The molecule has 1 aromatic carbocycles. The zero-order valence-corrected chi connectivity index (χ0v) is 24.6. The number of phenolic OH excluding ortho intramolecular Hbond substituents is 1. The molecule has 0 saturated carbocycles. The van der Waals surface area contributed by atoms with Crippen LogP contribution in [0.2, 0.25) is 0 Å². The van der Waals surface area contributed by atoms with Crippen LogP contribution in [0, 0.1) is 23.7 Å². The zero-order valence-electron chi connectivity index (χ0n) is 24.6. The van der Waals surface area contributed by atoms with Gasteiger partial charge in [0.25, 0.3) is 5.91 Å². The molecule has 7 N–H and O–H groups in total. The number of benzene rings is 1. The van der Waals surface area contributed by atoms with Crippen molar-refractivity contribution in [2.45, 2.75) is 51.0 Å². The average Bonchev–Trinajstić information content (AvgIpc) is 3.36. The van der Waals surface area contributed by atoms with Gasteiger partial charge in [-0.15, -0.1) is 0 Å². The first kappa shape index (κ1) is 29.4. The van der Waals surface area contributed by atoms with Gasteiger partial charge in [-0.3, -0.25) is 19.4 Å². The highest BCUT2D eigenvalue weighted by molar-refractivity contribution is 6.14. The van der Waals surface area contributed by atoms with Crippen LogP contribution in [0.5, 0.6) is 5.75 Å². The maximum absolute atomic E-state index is 14.1. The number of rotatable bonds is 5. The van der Waals surface area contributed by atoms with Crippen molar-refractivity contribution in [1.29, 1.82) is 0 Å². The van der Waals surface area contributed by atoms with E-state index in [2.05, 4.69) is 11.8 Å². The number of ketones is 1. The number of fused-ring (bicyclic) bond motifs is 3. The number of hydrogen-bond donors (Lipinski definition) is 6. The van der Waals surface area contributed by atoms with Crippen LogP contribution in [-0.2, 0) is 17.8 Å². The van der Waals surface area contributed by atoms with E-state index in [4.69, 9.17) is 10.2 Å². The molecule has 0 spiro atoms. The van der Waals surface area contributed by atoms with Crippen LogP contribution in [-0.4, -0.2) is 86.0 Å². The van der Waals surface area contributed by atoms with Crippen molar-refractivity contribution >= 4 is 11.7 Å². The number of piperidine rings is 1. The Morgan fingerprint density at radius 1 is 1.12 bits per heavy atom. The van der Waals surface area contributed by atoms with Crippen molar-refractivity contribution in [2.75, 3.05) is 27.2 Å². The summed E-state index contributed by atoms with van der Waals surface area (Å²) in [6.45, 7) is 4.92. The summed E-state index contributed by atoms with van der Waals surface area (Å²) < 4.78 is 5.99. The summed E-state index contributed by atoms with van der Waals surface area (Å²) in [5, 5.41) is 55.8. The highest BCUT2D eigenvalue weighted by Gasteiger charge is 2.60. The third-order valence-electron chi connectivity index (χ3n) is 9.98. The second-order valence-corrected chi connectivity index (χ2v) is 12.9. The number of aliphatic hydroxyl groups is 4. The SMILES string of the molecule is CC1CCN(Cc2ccoc2-c2ccc(O)c3c2CC2CC4C(N(C)C)C(O)=C(C(N)=O)C(O)(O)C4C(O)=C2C3=O)CC1. The molecule has 4 atom stereocenters. The molecule has 1 aliphatic heterocycles. The van der Waals surface area contributed by atoms with Gasteiger partial charge in [0.15, 0.2) is 5.78 Å². The maximum Gasteiger partial charge on any atom is 0.253 e. The van der Waals surface area contributed by atoms with Crippen LogP contribution in [0.3, 0.4) is 0 Å². The van der Waals surface area contributed by atoms with Gasteiger partial charge in [0.1, 0.15) is 28.6 Å². The molecule has 1 amide bonds. The van der Waals surface area contributed by atoms with Crippen LogP contribution in [0.25, 0.3) is 11.3 Å². The van der Waals surface area contributed by atoms with Gasteiger partial charge >= 0.3 is 0 Å². The van der Waals surface area contributed by atoms with Crippen molar-refractivity contribution in [3.8, 4) is 17.1 Å². The molecule has 6 rings (SSSR count). The number of furan rings is 1. The van der Waals surface area contributed by atoms with Crippen molar-refractivity contribution in [3.63, 3.8) is 0 Å². The minimum atomic E-state index is -3.02. The Hall–Kier alpha value is -3.64. The lowest BCUT2D eigenvalue weighted by molar-refractivity contribution is -0.200. The van der Waals surface area contributed by atoms with Crippen LogP contribution < -0.4 is 5.73 Å². The topological polar surface area (TPSA) is 181 Å². The highest BCUT2D eigenvalue weighted by atomic mass is 16.5. The number of nitrogens with zero attached hydrogens (tertiary/aromatic N) is 2. The fraction of sp³-hybridized carbons (Fsp3) is 0.500. The Labute approximate surface area is 249 Å². The number of likely N-dealkylation sites (N-methyl/N-ethyl adjacent to an activating group) is 1. The predicted octanol–water partition coefficient (Wildman–Crippen LogP) is 2.61. The Bertz CT molecular complexity index is 1550. The Morgan fingerprint density at radius 3 is 2.47 bits per heavy atom. The molecule has 2 heterocycles. The first-order valence-electron chi connectivity index (χ1n) is 14.8. The van der Waals surface area contributed by atoms with Crippen LogP contribution in [0.15, 0.2) is 51.5 Å². The lowest BCUT2D eigenvalue weighted by atomic mass is 9.59. The average molecular weight is 594 g/mol. The smallest absolute Gasteiger partial charge is 0.253 e. The molecule has 11 nitrogen and oxygen atoms in total. The van der Waals surface area contributed by atoms with E-state index >= 15 is 0 Å². The first-order valence-corrected chi connectivity index (χ1v) is 14.8. The van der Waals surface area contributed by atoms with E-state index in [9.17, 15) is 35.1 Å². The molecule has 230 valence electrons. The Morgan fingerprint density at radius 2 is 1.81 bits per heavy atom. The molecule has 0 radical (unpaired) electrons. The van der Waals surface area contributed by atoms with Gasteiger partial charge in [0.05, 0.1) is 23.8 Å². The van der Waals surface area contributed by atoms with Crippen LogP contribution in [0.1, 0.15) is 47.7 Å². The van der Waals surface area contributed by atoms with Gasteiger partial charge in [0.2, 0.25) is 5.79 Å². The van der Waals surface area contributed by atoms with E-state index in [1.54, 1.807) is 31.3 Å². The molecule has 1 aromatic heterocycles. The Kier molecular flexibility index (Phi) is 7.20. The van der Waals surface area contributed by atoms with Crippen molar-refractivity contribution in [1.82, 2.24) is 9.80 Å². The van der Waals surface area contributed by atoms with E-state index < -0.39 is 58.4 Å². The van der Waals surface area contributed by atoms with Crippen molar-refractivity contribution in [3.05, 3.63) is 63.8 Å². The molecule has 4 aliphatic rings. The molecule has 43 heavy (non-hydrogen) atoms. The summed E-state index contributed by atoms with van der Waals surface area (Å²) >= 11 is 0. The monoisotopic (exact) mass is 593 g/mol. The summed E-state index contributed by atoms with van der Waals surface area (Å²) in [6.07, 6.45) is 4.32. The van der Waals surface area contributed by atoms with Gasteiger partial charge in [-0.05, 0) is 94.4 Å². The molecule has 2 aromatic rings. The summed E-state index contributed by atoms with van der Waals surface area (Å²) in [7, 11) is 3.32. The van der Waals surface area contributed by atoms with Crippen molar-refractivity contribution < 1.29 is 39.5 Å². The largest absolute Gasteiger partial charge is 0.511 e. The summed E-state index contributed by atoms with van der Waals surface area (Å²) in [6, 6.07) is 4.22. The predicted molar refractivity (Wildman–Crippen MR) is 156 cm³/mol. The lowest BCUT2D eigenvalue weighted by Crippen LogP contribution is -2.60. The minimum absolute atomic E-state index is 0.0258. The van der Waals surface area contributed by atoms with Crippen molar-refractivity contribution in [2.24, 2.45) is 29.4 Å². The van der Waals surface area contributed by atoms with E-state index in [0.717, 1.165) is 31.5 Å². The van der Waals surface area contributed by atoms with E-state index in [1.165, 1.54) is 6.07 Å². The van der Waals surface area contributed by atoms with Crippen LogP contribution in [0.4, 0.5) is 0 Å². The maximum atomic E-state index is 14.1. The van der Waals surface area contributed by atoms with Crippen LogP contribution >= 0.6 is 0 Å². The fourth-order valence-corrected chi connectivity index (χ4v) is 7.93. The van der Waals surface area contributed by atoms with Gasteiger partial charge < -0.3 is 35.7 Å². The second kappa shape index (κ2) is 10.5. The number of carbonyl (C=O) groups excluding carboxylic acids is 2. The number of primary amides is 1. The van der Waals surface area contributed by atoms with E-state index in [1.807, 2.05) is 6.07 Å². The first-order chi connectivity index (χ1) is 20.3. The highest BCUT2D eigenvalue weighted by Crippen LogP contribution is 2.54. The summed E-state index contributed by atoms with van der Waals surface area (Å²) in [5.74, 6) is -7.85. The van der Waals surface area contributed by atoms with Gasteiger partial charge in [-0.25, -0.2) is 0 Å². The molecule has 1 saturated heterocycles. The fourth-order valence-electron chi connectivity index (χ4n) is 7.93. The van der Waals surface area contributed by atoms with E-state index in [0.29, 0.717) is 29.3 Å². The molecule has 0 bridgehead atoms. The molecule has 11 heteroatoms. The number of likely N-dealkylation sites (tertiary alicyclic amines) is 1. The number of carbonyl (C=O) groups is 2. The number of amides is 1. The Balaban J connectivity index is 1.44. The molecular weight excluding hydrogens is 554 g/mol. The third-order valence-corrected chi connectivity index (χ3v) is 9.98. The van der Waals surface area contributed by atoms with Gasteiger partial charge in [0, 0.05) is 23.2 Å². The molecular formula is C32H39N3O8. The molecule has 3 aliphatic carbocycles. The number of aromatic hydroxyl groups is 1. The standard InChI is InChI=1S/C32H39N3O8/c1-15-6-9-35(10-7-15)14-16-8-11-43-30(16)18-4-5-21(36)23-19(18)12-17-13-20-24(28(38)22(17)27(23)37)32(41,42)25(31(33)40)29(39)26(20)34(2)3/h4-5,8,11,15,17,20,24,26,36,38-39,41-42H,6-7,9-10,12-14H2,1-3H3,(H2,33,40). The quantitative estimate of drug-likeness (QED) is 0.282. The number of aliphatic hydroxyl groups excluding tert-OH is 2. The normalized spacial score (nSPS) is 27.7. The number of nitrogens with two attached hydrogens (primary N) is 1. The second-order valence-electron chi connectivity index (χ2n) is 12.9. The number of hydrogen-bond acceptors (Lipinski definition) is 10. The number of allylic oxidation sites excluding steroid dienone is 1. The minimum Gasteiger partial charge on any atom is -0.511 e. The third kappa shape index (κ3) is 4.57. The molecule has 1 fully saturated rings. The molecule has 4 unspecified atom stereocenters. The van der Waals surface area contributed by atoms with Gasteiger partial charge in [-0.1, -0.05) is 6.92 Å². The van der Waals surface area contributed by atoms with E-state index in [-0.39, 0.29) is 29.7 Å².